The largest absolute Gasteiger partial charge is 0.316 e. The summed E-state index contributed by atoms with van der Waals surface area (Å²) in [7, 11) is -3.61. The van der Waals surface area contributed by atoms with Gasteiger partial charge in [-0.25, -0.2) is 18.1 Å². The van der Waals surface area contributed by atoms with Crippen LogP contribution >= 0.6 is 11.8 Å². The van der Waals surface area contributed by atoms with Crippen LogP contribution in [0.25, 0.3) is 0 Å². The molecule has 1 aliphatic rings. The summed E-state index contributed by atoms with van der Waals surface area (Å²) in [5.41, 5.74) is 0.723. The number of carbonyl (C=O) groups excluding carboxylic acids is 2. The highest BCUT2D eigenvalue weighted by atomic mass is 32.2. The van der Waals surface area contributed by atoms with Crippen LogP contribution in [-0.4, -0.2) is 55.8 Å². The van der Waals surface area contributed by atoms with Crippen LogP contribution in [0.15, 0.2) is 35.4 Å². The number of hydrogen-bond donors (Lipinski definition) is 3. The maximum atomic E-state index is 13.2. The predicted octanol–water partition coefficient (Wildman–Crippen LogP) is 2.71. The first-order chi connectivity index (χ1) is 16.3. The third kappa shape index (κ3) is 8.07. The van der Waals surface area contributed by atoms with Gasteiger partial charge in [0, 0.05) is 19.4 Å². The lowest BCUT2D eigenvalue weighted by atomic mass is 10.1. The number of hydrogen-bond acceptors (Lipinski definition) is 7. The standard InChI is InChI=1S/C23H37N5O4S2/c1-4-7-14-20(29)26-22-27-28(21(30)15-8-5-2)23(33-22,19-12-10-9-11-13-19)18-25-34(31,32)17-16-24-6-3/h9-13,24-25H,4-8,14-18H2,1-3H3,(H,26,27,29). The van der Waals surface area contributed by atoms with E-state index < -0.39 is 14.9 Å². The van der Waals surface area contributed by atoms with Crippen LogP contribution in [0.2, 0.25) is 0 Å². The molecule has 1 atom stereocenters. The van der Waals surface area contributed by atoms with Gasteiger partial charge in [-0.15, -0.1) is 5.10 Å². The van der Waals surface area contributed by atoms with Gasteiger partial charge in [-0.3, -0.25) is 9.59 Å². The number of amidine groups is 1. The summed E-state index contributed by atoms with van der Waals surface area (Å²) >= 11 is 1.19. The lowest BCUT2D eigenvalue weighted by Gasteiger charge is -2.35. The van der Waals surface area contributed by atoms with Crippen LogP contribution in [0.5, 0.6) is 0 Å². The number of hydrazone groups is 1. The monoisotopic (exact) mass is 511 g/mol. The van der Waals surface area contributed by atoms with Gasteiger partial charge >= 0.3 is 0 Å². The minimum atomic E-state index is -3.61. The number of benzene rings is 1. The van der Waals surface area contributed by atoms with E-state index >= 15 is 0 Å². The van der Waals surface area contributed by atoms with E-state index in [4.69, 9.17) is 0 Å². The average Bonchev–Trinajstić information content (AvgIpc) is 3.20. The molecule has 0 saturated carbocycles. The molecule has 2 amide bonds. The zero-order valence-corrected chi connectivity index (χ0v) is 21.9. The molecule has 1 aromatic carbocycles. The second-order valence-electron chi connectivity index (χ2n) is 8.11. The summed E-state index contributed by atoms with van der Waals surface area (Å²) in [6.45, 7) is 6.84. The van der Waals surface area contributed by atoms with E-state index in [0.717, 1.165) is 24.8 Å². The molecule has 3 N–H and O–H groups in total. The molecule has 1 heterocycles. The Kier molecular flexibility index (Phi) is 11.5. The quantitative estimate of drug-likeness (QED) is 0.330. The van der Waals surface area contributed by atoms with Crippen LogP contribution in [-0.2, 0) is 24.5 Å². The molecule has 0 aromatic heterocycles. The highest BCUT2D eigenvalue weighted by Crippen LogP contribution is 2.45. The number of carbonyl (C=O) groups is 2. The SMILES string of the molecule is CCCCC(=O)NC1=NN(C(=O)CCCC)C(CNS(=O)(=O)CCNCC)(c2ccccc2)S1. The van der Waals surface area contributed by atoms with Crippen molar-refractivity contribution in [2.24, 2.45) is 5.10 Å². The van der Waals surface area contributed by atoms with Crippen LogP contribution in [0, 0.1) is 0 Å². The molecule has 1 unspecified atom stereocenters. The van der Waals surface area contributed by atoms with Crippen molar-refractivity contribution in [3.8, 4) is 0 Å². The maximum Gasteiger partial charge on any atom is 0.244 e. The van der Waals surface area contributed by atoms with Crippen molar-refractivity contribution in [2.75, 3.05) is 25.4 Å². The topological polar surface area (TPSA) is 120 Å². The summed E-state index contributed by atoms with van der Waals surface area (Å²) in [5, 5.41) is 11.9. The lowest BCUT2D eigenvalue weighted by molar-refractivity contribution is -0.134. The number of nitrogens with one attached hydrogen (secondary N) is 3. The van der Waals surface area contributed by atoms with Crippen LogP contribution in [0.3, 0.4) is 0 Å². The van der Waals surface area contributed by atoms with E-state index in [9.17, 15) is 18.0 Å². The summed E-state index contributed by atoms with van der Waals surface area (Å²) in [4.78, 5) is 24.5. The van der Waals surface area contributed by atoms with Gasteiger partial charge in [0.2, 0.25) is 21.8 Å². The van der Waals surface area contributed by atoms with Crippen LogP contribution < -0.4 is 15.4 Å². The molecule has 2 rings (SSSR count). The number of unbranched alkanes of at least 4 members (excludes halogenated alkanes) is 2. The van der Waals surface area contributed by atoms with Gasteiger partial charge in [-0.1, -0.05) is 63.9 Å². The molecule has 0 bridgehead atoms. The third-order valence-corrected chi connectivity index (χ3v) is 7.93. The molecule has 0 radical (unpaired) electrons. The fourth-order valence-electron chi connectivity index (χ4n) is 3.41. The molecular formula is C23H37N5O4S2. The molecule has 0 fully saturated rings. The first kappa shape index (κ1) is 28.3. The van der Waals surface area contributed by atoms with E-state index in [2.05, 4.69) is 20.5 Å². The molecule has 0 aliphatic carbocycles. The third-order valence-electron chi connectivity index (χ3n) is 5.34. The molecular weight excluding hydrogens is 474 g/mol. The number of sulfonamides is 1. The van der Waals surface area contributed by atoms with Crippen molar-refractivity contribution < 1.29 is 18.0 Å². The van der Waals surface area contributed by atoms with Crippen molar-refractivity contribution in [3.05, 3.63) is 35.9 Å². The Morgan fingerprint density at radius 2 is 1.74 bits per heavy atom. The smallest absolute Gasteiger partial charge is 0.244 e. The fourth-order valence-corrected chi connectivity index (χ4v) is 5.72. The van der Waals surface area contributed by atoms with Crippen molar-refractivity contribution in [3.63, 3.8) is 0 Å². The highest BCUT2D eigenvalue weighted by molar-refractivity contribution is 8.14. The Labute approximate surface area is 207 Å². The molecule has 0 saturated heterocycles. The normalized spacial score (nSPS) is 18.1. The second kappa shape index (κ2) is 13.8. The van der Waals surface area contributed by atoms with Crippen molar-refractivity contribution in [2.45, 2.75) is 64.2 Å². The Hall–Kier alpha value is -1.95. The fraction of sp³-hybridized carbons (Fsp3) is 0.609. The minimum Gasteiger partial charge on any atom is -0.316 e. The summed E-state index contributed by atoms with van der Waals surface area (Å²) < 4.78 is 28.1. The second-order valence-corrected chi connectivity index (χ2v) is 11.3. The summed E-state index contributed by atoms with van der Waals surface area (Å²) in [5.74, 6) is -0.478. The molecule has 0 spiro atoms. The van der Waals surface area contributed by atoms with E-state index in [1.807, 2.05) is 51.1 Å². The lowest BCUT2D eigenvalue weighted by Crippen LogP contribution is -2.50. The molecule has 9 nitrogen and oxygen atoms in total. The molecule has 190 valence electrons. The minimum absolute atomic E-state index is 0.0775. The highest BCUT2D eigenvalue weighted by Gasteiger charge is 2.49. The Morgan fingerprint density at radius 1 is 1.06 bits per heavy atom. The van der Waals surface area contributed by atoms with Crippen LogP contribution in [0.1, 0.15) is 64.9 Å². The zero-order chi connectivity index (χ0) is 25.0. The molecule has 1 aliphatic heterocycles. The first-order valence-corrected chi connectivity index (χ1v) is 14.4. The van der Waals surface area contributed by atoms with Gasteiger partial charge in [0.15, 0.2) is 10.0 Å². The van der Waals surface area contributed by atoms with Crippen molar-refractivity contribution in [1.29, 1.82) is 0 Å². The molecule has 34 heavy (non-hydrogen) atoms. The van der Waals surface area contributed by atoms with E-state index in [1.165, 1.54) is 16.8 Å². The summed E-state index contributed by atoms with van der Waals surface area (Å²) in [6.07, 6.45) is 3.80. The van der Waals surface area contributed by atoms with E-state index in [-0.39, 0.29) is 30.5 Å². The Bertz CT molecular complexity index is 940. The average molecular weight is 512 g/mol. The Morgan fingerprint density at radius 3 is 2.38 bits per heavy atom. The van der Waals surface area contributed by atoms with Gasteiger partial charge < -0.3 is 10.6 Å². The molecule has 11 heteroatoms. The number of nitrogens with zero attached hydrogens (tertiary/aromatic N) is 2. The zero-order valence-electron chi connectivity index (χ0n) is 20.3. The summed E-state index contributed by atoms with van der Waals surface area (Å²) in [6, 6.07) is 9.22. The van der Waals surface area contributed by atoms with Crippen LogP contribution in [0.4, 0.5) is 0 Å². The van der Waals surface area contributed by atoms with Gasteiger partial charge in [-0.2, -0.15) is 0 Å². The first-order valence-electron chi connectivity index (χ1n) is 11.9. The molecule has 1 aromatic rings. The number of amides is 2. The Balaban J connectivity index is 2.38. The van der Waals surface area contributed by atoms with Gasteiger partial charge in [0.25, 0.3) is 0 Å². The predicted molar refractivity (Wildman–Crippen MR) is 138 cm³/mol. The van der Waals surface area contributed by atoms with Gasteiger partial charge in [0.05, 0.1) is 12.3 Å². The van der Waals surface area contributed by atoms with E-state index in [0.29, 0.717) is 31.1 Å². The number of thioether (sulfide) groups is 1. The van der Waals surface area contributed by atoms with Gasteiger partial charge in [0.1, 0.15) is 0 Å². The van der Waals surface area contributed by atoms with Gasteiger partial charge in [-0.05, 0) is 36.7 Å². The number of rotatable bonds is 14. The van der Waals surface area contributed by atoms with Crippen molar-refractivity contribution >= 4 is 38.8 Å². The van der Waals surface area contributed by atoms with E-state index in [1.54, 1.807) is 0 Å². The van der Waals surface area contributed by atoms with Crippen molar-refractivity contribution in [1.82, 2.24) is 20.4 Å². The maximum absolute atomic E-state index is 13.2.